The van der Waals surface area contributed by atoms with Crippen molar-refractivity contribution in [1.29, 1.82) is 0 Å². The Kier molecular flexibility index (Phi) is 9.77. The summed E-state index contributed by atoms with van der Waals surface area (Å²) >= 11 is 6.24. The zero-order chi connectivity index (χ0) is 27.9. The third kappa shape index (κ3) is 6.65. The summed E-state index contributed by atoms with van der Waals surface area (Å²) in [7, 11) is -1.09. The molecule has 3 aromatic rings. The fraction of sp³-hybridized carbons (Fsp3) is 0.286. The van der Waals surface area contributed by atoms with Crippen LogP contribution in [0.4, 0.5) is 5.69 Å². The Morgan fingerprint density at radius 3 is 2.26 bits per heavy atom. The second kappa shape index (κ2) is 12.8. The van der Waals surface area contributed by atoms with Crippen LogP contribution in [-0.4, -0.2) is 51.9 Å². The van der Waals surface area contributed by atoms with Gasteiger partial charge in [-0.15, -0.1) is 0 Å². The third-order valence-corrected chi connectivity index (χ3v) is 8.20. The molecule has 0 saturated carbocycles. The molecule has 202 valence electrons. The lowest BCUT2D eigenvalue weighted by atomic mass is 10.1. The number of carbonyl (C=O) groups is 2. The zero-order valence-corrected chi connectivity index (χ0v) is 23.4. The maximum atomic E-state index is 13.9. The van der Waals surface area contributed by atoms with Gasteiger partial charge in [-0.1, -0.05) is 54.9 Å². The average molecular weight is 558 g/mol. The van der Waals surface area contributed by atoms with Gasteiger partial charge in [0, 0.05) is 18.6 Å². The van der Waals surface area contributed by atoms with Gasteiger partial charge in [-0.2, -0.15) is 0 Å². The van der Waals surface area contributed by atoms with Crippen LogP contribution in [0.3, 0.4) is 0 Å². The van der Waals surface area contributed by atoms with Crippen LogP contribution in [0.25, 0.3) is 0 Å². The van der Waals surface area contributed by atoms with Gasteiger partial charge in [0.1, 0.15) is 18.3 Å². The minimum absolute atomic E-state index is 0.0345. The number of carbonyl (C=O) groups excluding carboxylic acids is 2. The van der Waals surface area contributed by atoms with E-state index in [1.165, 1.54) is 30.1 Å². The van der Waals surface area contributed by atoms with Gasteiger partial charge < -0.3 is 15.0 Å². The number of ether oxygens (including phenoxy) is 1. The summed E-state index contributed by atoms with van der Waals surface area (Å²) in [4.78, 5) is 28.2. The van der Waals surface area contributed by atoms with Crippen molar-refractivity contribution >= 4 is 39.1 Å². The minimum atomic E-state index is -4.15. The molecule has 3 aromatic carbocycles. The molecule has 0 unspecified atom stereocenters. The first-order valence-electron chi connectivity index (χ1n) is 12.1. The van der Waals surface area contributed by atoms with E-state index in [1.54, 1.807) is 75.6 Å². The van der Waals surface area contributed by atoms with Crippen LogP contribution in [0.2, 0.25) is 5.02 Å². The van der Waals surface area contributed by atoms with Gasteiger partial charge in [-0.3, -0.25) is 13.9 Å². The number of rotatable bonds is 11. The topological polar surface area (TPSA) is 96.0 Å². The van der Waals surface area contributed by atoms with E-state index in [9.17, 15) is 18.0 Å². The standard InChI is InChI=1S/C28H32ClN3O5S/c1-5-25(28(34)30-3)31(18-21-12-15-23(37-4)16-13-21)27(33)19-32(26-17-22(29)14-11-20(26)2)38(35,36)24-9-7-6-8-10-24/h6-17,25H,5,18-19H2,1-4H3,(H,30,34)/t25-/m0/s1. The summed E-state index contributed by atoms with van der Waals surface area (Å²) in [5.74, 6) is -0.220. The van der Waals surface area contributed by atoms with Crippen LogP contribution in [0.1, 0.15) is 24.5 Å². The molecule has 8 nitrogen and oxygen atoms in total. The lowest BCUT2D eigenvalue weighted by molar-refractivity contribution is -0.140. The minimum Gasteiger partial charge on any atom is -0.497 e. The lowest BCUT2D eigenvalue weighted by Crippen LogP contribution is -2.51. The van der Waals surface area contributed by atoms with Gasteiger partial charge in [0.2, 0.25) is 11.8 Å². The molecule has 0 radical (unpaired) electrons. The molecule has 1 atom stereocenters. The van der Waals surface area contributed by atoms with E-state index < -0.39 is 28.5 Å². The number of anilines is 1. The molecule has 0 saturated heterocycles. The smallest absolute Gasteiger partial charge is 0.264 e. The summed E-state index contributed by atoms with van der Waals surface area (Å²) < 4.78 is 33.9. The molecule has 0 aromatic heterocycles. The monoisotopic (exact) mass is 557 g/mol. The largest absolute Gasteiger partial charge is 0.497 e. The predicted molar refractivity (Wildman–Crippen MR) is 149 cm³/mol. The Morgan fingerprint density at radius 1 is 1.03 bits per heavy atom. The van der Waals surface area contributed by atoms with Crippen LogP contribution < -0.4 is 14.4 Å². The second-order valence-corrected chi connectivity index (χ2v) is 11.0. The molecule has 0 spiro atoms. The van der Waals surface area contributed by atoms with Crippen molar-refractivity contribution < 1.29 is 22.7 Å². The van der Waals surface area contributed by atoms with E-state index in [-0.39, 0.29) is 23.0 Å². The Balaban J connectivity index is 2.08. The summed E-state index contributed by atoms with van der Waals surface area (Å²) in [6, 6.07) is 19.1. The SMILES string of the molecule is CC[C@@H](C(=O)NC)N(Cc1ccc(OC)cc1)C(=O)CN(c1cc(Cl)ccc1C)S(=O)(=O)c1ccccc1. The van der Waals surface area contributed by atoms with Crippen molar-refractivity contribution in [2.24, 2.45) is 0 Å². The number of methoxy groups -OCH3 is 1. The first-order valence-corrected chi connectivity index (χ1v) is 13.9. The Morgan fingerprint density at radius 2 is 1.68 bits per heavy atom. The van der Waals surface area contributed by atoms with Crippen molar-refractivity contribution in [2.45, 2.75) is 37.8 Å². The highest BCUT2D eigenvalue weighted by Gasteiger charge is 2.34. The van der Waals surface area contributed by atoms with Gasteiger partial charge in [0.25, 0.3) is 10.0 Å². The molecule has 0 aliphatic heterocycles. The van der Waals surface area contributed by atoms with Crippen LogP contribution in [0.15, 0.2) is 77.7 Å². The Labute approximate surface area is 229 Å². The first-order chi connectivity index (χ1) is 18.1. The number of nitrogens with one attached hydrogen (secondary N) is 1. The molecule has 0 heterocycles. The van der Waals surface area contributed by atoms with E-state index >= 15 is 0 Å². The average Bonchev–Trinajstić information content (AvgIpc) is 2.93. The quantitative estimate of drug-likeness (QED) is 0.377. The zero-order valence-electron chi connectivity index (χ0n) is 21.8. The van der Waals surface area contributed by atoms with E-state index in [1.807, 2.05) is 0 Å². The van der Waals surface area contributed by atoms with E-state index in [4.69, 9.17) is 16.3 Å². The first kappa shape index (κ1) is 29.0. The number of sulfonamides is 1. The molecule has 3 rings (SSSR count). The third-order valence-electron chi connectivity index (χ3n) is 6.19. The normalized spacial score (nSPS) is 11.9. The number of likely N-dealkylation sites (N-methyl/N-ethyl adjacent to an activating group) is 1. The van der Waals surface area contributed by atoms with Crippen LogP contribution >= 0.6 is 11.6 Å². The molecule has 0 bridgehead atoms. The molecule has 0 fully saturated rings. The number of hydrogen-bond acceptors (Lipinski definition) is 5. The Hall–Kier alpha value is -3.56. The van der Waals surface area contributed by atoms with E-state index in [0.29, 0.717) is 22.8 Å². The molecular formula is C28H32ClN3O5S. The van der Waals surface area contributed by atoms with Gasteiger partial charge >= 0.3 is 0 Å². The predicted octanol–water partition coefficient (Wildman–Crippen LogP) is 4.41. The fourth-order valence-electron chi connectivity index (χ4n) is 4.10. The highest BCUT2D eigenvalue weighted by atomic mass is 35.5. The fourth-order valence-corrected chi connectivity index (χ4v) is 5.76. The number of aryl methyl sites for hydroxylation is 1. The molecule has 38 heavy (non-hydrogen) atoms. The number of halogens is 1. The van der Waals surface area contributed by atoms with Crippen molar-refractivity contribution in [2.75, 3.05) is 25.0 Å². The van der Waals surface area contributed by atoms with E-state index in [0.717, 1.165) is 9.87 Å². The van der Waals surface area contributed by atoms with Crippen molar-refractivity contribution in [3.63, 3.8) is 0 Å². The number of benzene rings is 3. The van der Waals surface area contributed by atoms with Gasteiger partial charge in [0.15, 0.2) is 0 Å². The maximum absolute atomic E-state index is 13.9. The molecule has 0 aliphatic rings. The Bertz CT molecular complexity index is 1360. The molecule has 2 amide bonds. The van der Waals surface area contributed by atoms with Gasteiger partial charge in [-0.25, -0.2) is 8.42 Å². The summed E-state index contributed by atoms with van der Waals surface area (Å²) in [5.41, 5.74) is 1.67. The lowest BCUT2D eigenvalue weighted by Gasteiger charge is -2.33. The second-order valence-electron chi connectivity index (χ2n) is 8.66. The highest BCUT2D eigenvalue weighted by Crippen LogP contribution is 2.30. The van der Waals surface area contributed by atoms with Crippen molar-refractivity contribution in [3.05, 3.63) is 88.9 Å². The highest BCUT2D eigenvalue weighted by molar-refractivity contribution is 7.92. The number of hydrogen-bond donors (Lipinski definition) is 1. The van der Waals surface area contributed by atoms with Crippen LogP contribution in [0.5, 0.6) is 5.75 Å². The van der Waals surface area contributed by atoms with Gasteiger partial charge in [-0.05, 0) is 60.9 Å². The molecule has 10 heteroatoms. The van der Waals surface area contributed by atoms with Crippen LogP contribution in [-0.2, 0) is 26.2 Å². The summed E-state index contributed by atoms with van der Waals surface area (Å²) in [5, 5.41) is 2.94. The van der Waals surface area contributed by atoms with E-state index in [2.05, 4.69) is 5.32 Å². The molecule has 0 aliphatic carbocycles. The van der Waals surface area contributed by atoms with Crippen LogP contribution in [0, 0.1) is 6.92 Å². The summed E-state index contributed by atoms with van der Waals surface area (Å²) in [6.45, 7) is 3.12. The summed E-state index contributed by atoms with van der Waals surface area (Å²) in [6.07, 6.45) is 0.337. The number of amides is 2. The van der Waals surface area contributed by atoms with Crippen molar-refractivity contribution in [1.82, 2.24) is 10.2 Å². The van der Waals surface area contributed by atoms with Gasteiger partial charge in [0.05, 0.1) is 17.7 Å². The van der Waals surface area contributed by atoms with Crippen molar-refractivity contribution in [3.8, 4) is 5.75 Å². The molecule has 1 N–H and O–H groups in total. The number of nitrogens with zero attached hydrogens (tertiary/aromatic N) is 2. The maximum Gasteiger partial charge on any atom is 0.264 e. The molecular weight excluding hydrogens is 526 g/mol.